The predicted molar refractivity (Wildman–Crippen MR) is 133 cm³/mol. The second-order valence-electron chi connectivity index (χ2n) is 7.37. The molecule has 3 rings (SSSR count). The molecule has 3 aromatic carbocycles. The smallest absolute Gasteiger partial charge is 0.316 e. The van der Waals surface area contributed by atoms with Gasteiger partial charge in [-0.3, -0.25) is 9.59 Å². The van der Waals surface area contributed by atoms with Crippen LogP contribution in [0.1, 0.15) is 11.1 Å². The van der Waals surface area contributed by atoms with Crippen LogP contribution in [0.4, 0.5) is 11.4 Å². The predicted octanol–water partition coefficient (Wildman–Crippen LogP) is 5.50. The van der Waals surface area contributed by atoms with E-state index >= 15 is 0 Å². The standard InChI is InChI=1S/C25H24Cl2N2O5/c1-33-21-7-4-8-22(34-2)23(21)29-24(30)17(25(31)32)13-15-9-11-16(12-10-15)28-14-18-19(26)5-3-6-20(18)27/h3-12,17,28H,13-14H2,1-2H3,(H,29,30)(H,31,32). The third-order valence-electron chi connectivity index (χ3n) is 5.22. The van der Waals surface area contributed by atoms with Gasteiger partial charge in [0.2, 0.25) is 5.91 Å². The van der Waals surface area contributed by atoms with Gasteiger partial charge in [0.25, 0.3) is 0 Å². The number of carbonyl (C=O) groups is 2. The lowest BCUT2D eigenvalue weighted by Crippen LogP contribution is -2.31. The Hall–Kier alpha value is -3.42. The third kappa shape index (κ3) is 6.12. The van der Waals surface area contributed by atoms with Crippen LogP contribution in [0.2, 0.25) is 10.0 Å². The molecule has 34 heavy (non-hydrogen) atoms. The lowest BCUT2D eigenvalue weighted by Gasteiger charge is -2.17. The van der Waals surface area contributed by atoms with Crippen molar-refractivity contribution in [1.82, 2.24) is 0 Å². The van der Waals surface area contributed by atoms with E-state index < -0.39 is 17.8 Å². The minimum absolute atomic E-state index is 0.00918. The Morgan fingerprint density at radius 3 is 2.00 bits per heavy atom. The Morgan fingerprint density at radius 2 is 1.47 bits per heavy atom. The van der Waals surface area contributed by atoms with Crippen LogP contribution in [0.15, 0.2) is 60.7 Å². The fourth-order valence-corrected chi connectivity index (χ4v) is 3.89. The molecule has 9 heteroatoms. The van der Waals surface area contributed by atoms with Crippen LogP contribution < -0.4 is 20.1 Å². The molecule has 3 N–H and O–H groups in total. The summed E-state index contributed by atoms with van der Waals surface area (Å²) in [7, 11) is 2.91. The molecule has 1 unspecified atom stereocenters. The number of halogens is 2. The Labute approximate surface area is 207 Å². The molecule has 0 radical (unpaired) electrons. The van der Waals surface area contributed by atoms with Gasteiger partial charge in [-0.1, -0.05) is 47.5 Å². The van der Waals surface area contributed by atoms with Gasteiger partial charge in [0, 0.05) is 27.8 Å². The number of carboxylic acids is 1. The molecular formula is C25H24Cl2N2O5. The number of nitrogens with one attached hydrogen (secondary N) is 2. The number of anilines is 2. The maximum absolute atomic E-state index is 12.8. The van der Waals surface area contributed by atoms with Crippen molar-refractivity contribution < 1.29 is 24.2 Å². The van der Waals surface area contributed by atoms with Gasteiger partial charge in [0.05, 0.1) is 14.2 Å². The largest absolute Gasteiger partial charge is 0.494 e. The maximum Gasteiger partial charge on any atom is 0.316 e. The SMILES string of the molecule is COc1cccc(OC)c1NC(=O)C(Cc1ccc(NCc2c(Cl)cccc2Cl)cc1)C(=O)O. The second-order valence-corrected chi connectivity index (χ2v) is 8.19. The molecule has 0 aromatic heterocycles. The molecule has 0 saturated carbocycles. The van der Waals surface area contributed by atoms with Gasteiger partial charge in [-0.25, -0.2) is 0 Å². The van der Waals surface area contributed by atoms with Gasteiger partial charge < -0.3 is 25.2 Å². The number of methoxy groups -OCH3 is 2. The number of carbonyl (C=O) groups excluding carboxylic acids is 1. The molecule has 0 aliphatic heterocycles. The van der Waals surface area contributed by atoms with Crippen molar-refractivity contribution >= 4 is 46.5 Å². The average Bonchev–Trinajstić information content (AvgIpc) is 2.82. The van der Waals surface area contributed by atoms with E-state index in [0.717, 1.165) is 11.3 Å². The summed E-state index contributed by atoms with van der Waals surface area (Å²) < 4.78 is 10.5. The van der Waals surface area contributed by atoms with E-state index in [2.05, 4.69) is 10.6 Å². The molecule has 0 fully saturated rings. The van der Waals surface area contributed by atoms with Crippen molar-refractivity contribution in [1.29, 1.82) is 0 Å². The van der Waals surface area contributed by atoms with E-state index in [0.29, 0.717) is 33.7 Å². The number of carboxylic acid groups (broad SMARTS) is 1. The van der Waals surface area contributed by atoms with Crippen molar-refractivity contribution in [2.75, 3.05) is 24.9 Å². The van der Waals surface area contributed by atoms with E-state index in [1.807, 2.05) is 0 Å². The summed E-state index contributed by atoms with van der Waals surface area (Å²) in [5, 5.41) is 16.7. The molecule has 0 heterocycles. The Kier molecular flexibility index (Phi) is 8.62. The van der Waals surface area contributed by atoms with Gasteiger partial charge >= 0.3 is 5.97 Å². The number of hydrogen-bond donors (Lipinski definition) is 3. The van der Waals surface area contributed by atoms with Gasteiger partial charge in [-0.05, 0) is 48.4 Å². The van der Waals surface area contributed by atoms with Crippen LogP contribution >= 0.6 is 23.2 Å². The van der Waals surface area contributed by atoms with Crippen molar-refractivity contribution in [2.24, 2.45) is 5.92 Å². The summed E-state index contributed by atoms with van der Waals surface area (Å²) in [6, 6.07) is 17.5. The van der Waals surface area contributed by atoms with Gasteiger partial charge in [-0.15, -0.1) is 0 Å². The highest BCUT2D eigenvalue weighted by atomic mass is 35.5. The number of rotatable bonds is 10. The topological polar surface area (TPSA) is 96.9 Å². The zero-order valence-corrected chi connectivity index (χ0v) is 20.1. The number of benzene rings is 3. The second kappa shape index (κ2) is 11.6. The number of amides is 1. The van der Waals surface area contributed by atoms with E-state index in [-0.39, 0.29) is 12.1 Å². The number of hydrogen-bond acceptors (Lipinski definition) is 5. The lowest BCUT2D eigenvalue weighted by molar-refractivity contribution is -0.145. The molecule has 1 atom stereocenters. The average molecular weight is 503 g/mol. The van der Waals surface area contributed by atoms with Crippen LogP contribution in [-0.4, -0.2) is 31.2 Å². The monoisotopic (exact) mass is 502 g/mol. The minimum Gasteiger partial charge on any atom is -0.494 e. The normalized spacial score (nSPS) is 11.4. The third-order valence-corrected chi connectivity index (χ3v) is 5.92. The summed E-state index contributed by atoms with van der Waals surface area (Å²) in [5.41, 5.74) is 2.55. The van der Waals surface area contributed by atoms with Crippen molar-refractivity contribution in [3.63, 3.8) is 0 Å². The molecule has 0 bridgehead atoms. The molecular weight excluding hydrogens is 479 g/mol. The number of para-hydroxylation sites is 1. The first kappa shape index (κ1) is 25.2. The first-order chi connectivity index (χ1) is 16.3. The van der Waals surface area contributed by atoms with Crippen molar-refractivity contribution in [3.8, 4) is 11.5 Å². The Bertz CT molecular complexity index is 1130. The Morgan fingerprint density at radius 1 is 0.912 bits per heavy atom. The maximum atomic E-state index is 12.8. The van der Waals surface area contributed by atoms with Crippen LogP contribution in [0.3, 0.4) is 0 Å². The van der Waals surface area contributed by atoms with E-state index in [4.69, 9.17) is 32.7 Å². The zero-order chi connectivity index (χ0) is 24.7. The fraction of sp³-hybridized carbons (Fsp3) is 0.200. The molecule has 3 aromatic rings. The van der Waals surface area contributed by atoms with Crippen LogP contribution in [0.5, 0.6) is 11.5 Å². The van der Waals surface area contributed by atoms with E-state index in [1.165, 1.54) is 14.2 Å². The summed E-state index contributed by atoms with van der Waals surface area (Å²) >= 11 is 12.4. The molecule has 178 valence electrons. The summed E-state index contributed by atoms with van der Waals surface area (Å²) in [6.45, 7) is 0.429. The first-order valence-corrected chi connectivity index (χ1v) is 11.1. The van der Waals surface area contributed by atoms with Gasteiger partial charge in [-0.2, -0.15) is 0 Å². The lowest BCUT2D eigenvalue weighted by atomic mass is 9.98. The van der Waals surface area contributed by atoms with Crippen LogP contribution in [0, 0.1) is 5.92 Å². The van der Waals surface area contributed by atoms with Gasteiger partial charge in [0.15, 0.2) is 0 Å². The number of aliphatic carboxylic acids is 1. The first-order valence-electron chi connectivity index (χ1n) is 10.3. The minimum atomic E-state index is -1.31. The fourth-order valence-electron chi connectivity index (χ4n) is 3.36. The quantitative estimate of drug-likeness (QED) is 0.316. The molecule has 0 aliphatic carbocycles. The summed E-state index contributed by atoms with van der Waals surface area (Å²) in [4.78, 5) is 24.7. The highest BCUT2D eigenvalue weighted by molar-refractivity contribution is 6.36. The molecule has 7 nitrogen and oxygen atoms in total. The van der Waals surface area contributed by atoms with Crippen molar-refractivity contribution in [2.45, 2.75) is 13.0 Å². The molecule has 0 saturated heterocycles. The van der Waals surface area contributed by atoms with Crippen molar-refractivity contribution in [3.05, 3.63) is 81.8 Å². The zero-order valence-electron chi connectivity index (χ0n) is 18.6. The number of ether oxygens (including phenoxy) is 2. The highest BCUT2D eigenvalue weighted by Crippen LogP contribution is 2.34. The molecule has 0 spiro atoms. The van der Waals surface area contributed by atoms with E-state index in [9.17, 15) is 14.7 Å². The van der Waals surface area contributed by atoms with Gasteiger partial charge in [0.1, 0.15) is 23.1 Å². The van der Waals surface area contributed by atoms with Crippen LogP contribution in [-0.2, 0) is 22.6 Å². The molecule has 1 amide bonds. The van der Waals surface area contributed by atoms with E-state index in [1.54, 1.807) is 60.7 Å². The highest BCUT2D eigenvalue weighted by Gasteiger charge is 2.28. The molecule has 0 aliphatic rings. The Balaban J connectivity index is 1.69. The van der Waals surface area contributed by atoms with Crippen LogP contribution in [0.25, 0.3) is 0 Å². The summed E-state index contributed by atoms with van der Waals surface area (Å²) in [5.74, 6) is -2.49. The summed E-state index contributed by atoms with van der Waals surface area (Å²) in [6.07, 6.45) is 0.00918.